The number of rotatable bonds is 2. The summed E-state index contributed by atoms with van der Waals surface area (Å²) in [4.78, 5) is 17.8. The fourth-order valence-corrected chi connectivity index (χ4v) is 1.37. The Morgan fingerprint density at radius 1 is 1.10 bits per heavy atom. The van der Waals surface area contributed by atoms with Crippen molar-refractivity contribution in [2.45, 2.75) is 0 Å². The van der Waals surface area contributed by atoms with E-state index < -0.39 is 5.97 Å². The molecule has 0 aromatic carbocycles. The van der Waals surface area contributed by atoms with Gasteiger partial charge >= 0.3 is 5.97 Å². The summed E-state index contributed by atoms with van der Waals surface area (Å²) in [5.41, 5.74) is 0.898. The van der Waals surface area contributed by atoms with Gasteiger partial charge in [-0.3, -0.25) is 0 Å². The van der Waals surface area contributed by atoms with Crippen LogP contribution in [0.3, 0.4) is 0 Å². The molecule has 0 aliphatic heterocycles. The van der Waals surface area contributed by atoms with Gasteiger partial charge in [0.1, 0.15) is 5.69 Å². The number of pyridine rings is 2. The fraction of sp³-hybridized carbons (Fsp3) is 0. The third-order valence-electron chi connectivity index (χ3n) is 2.25. The summed E-state index contributed by atoms with van der Waals surface area (Å²) in [5.74, 6) is -0.304. The van der Waals surface area contributed by atoms with Gasteiger partial charge in [-0.1, -0.05) is 18.2 Å². The Balaban J connectivity index is 0.000000205. The van der Waals surface area contributed by atoms with E-state index in [0.29, 0.717) is 5.76 Å². The van der Waals surface area contributed by atoms with Crippen LogP contribution in [-0.4, -0.2) is 21.0 Å². The predicted molar refractivity (Wildman–Crippen MR) is 72.0 cm³/mol. The van der Waals surface area contributed by atoms with Crippen molar-refractivity contribution in [2.75, 3.05) is 0 Å². The molecule has 3 rings (SSSR count). The molecule has 0 fully saturated rings. The second-order valence-electron chi connectivity index (χ2n) is 3.63. The van der Waals surface area contributed by atoms with Crippen molar-refractivity contribution < 1.29 is 34.4 Å². The van der Waals surface area contributed by atoms with E-state index in [1.165, 1.54) is 12.3 Å². The first-order valence-electron chi connectivity index (χ1n) is 5.78. The van der Waals surface area contributed by atoms with Gasteiger partial charge < -0.3 is 14.5 Å². The van der Waals surface area contributed by atoms with Crippen molar-refractivity contribution in [2.24, 2.45) is 0 Å². The molecule has 1 N–H and O–H groups in total. The minimum atomic E-state index is -0.990. The van der Waals surface area contributed by atoms with E-state index in [0.717, 1.165) is 5.69 Å². The molecule has 3 aromatic heterocycles. The molecule has 0 amide bonds. The van der Waals surface area contributed by atoms with Gasteiger partial charge in [0.15, 0.2) is 0 Å². The first kappa shape index (κ1) is 16.8. The summed E-state index contributed by atoms with van der Waals surface area (Å²) >= 11 is 0. The van der Waals surface area contributed by atoms with E-state index in [2.05, 4.69) is 16.0 Å². The molecule has 0 aliphatic carbocycles. The Morgan fingerprint density at radius 2 is 1.81 bits per heavy atom. The van der Waals surface area contributed by atoms with Crippen LogP contribution in [0.2, 0.25) is 0 Å². The average Bonchev–Trinajstić information content (AvgIpc) is 3.04. The van der Waals surface area contributed by atoms with E-state index >= 15 is 0 Å². The Kier molecular flexibility index (Phi) is 7.01. The van der Waals surface area contributed by atoms with Gasteiger partial charge in [0.05, 0.1) is 0 Å². The van der Waals surface area contributed by atoms with Gasteiger partial charge in [0.25, 0.3) is 0 Å². The summed E-state index contributed by atoms with van der Waals surface area (Å²) in [7, 11) is 0. The van der Waals surface area contributed by atoms with Gasteiger partial charge in [0.2, 0.25) is 0 Å². The average molecular weight is 459 g/mol. The Labute approximate surface area is 135 Å². The van der Waals surface area contributed by atoms with E-state index in [4.69, 9.17) is 9.52 Å². The molecule has 0 atom stereocenters. The van der Waals surface area contributed by atoms with Crippen LogP contribution in [0.1, 0.15) is 10.5 Å². The summed E-state index contributed by atoms with van der Waals surface area (Å²) in [6, 6.07) is 15.1. The molecule has 3 heterocycles. The first-order valence-corrected chi connectivity index (χ1v) is 5.78. The van der Waals surface area contributed by atoms with Crippen LogP contribution in [0.4, 0.5) is 0 Å². The zero-order valence-electron chi connectivity index (χ0n) is 10.8. The summed E-state index contributed by atoms with van der Waals surface area (Å²) in [6.07, 6.45) is 4.76. The van der Waals surface area contributed by atoms with Crippen LogP contribution in [0.5, 0.6) is 0 Å². The normalized spacial score (nSPS) is 8.95. The number of furan rings is 1. The topological polar surface area (TPSA) is 76.2 Å². The third-order valence-corrected chi connectivity index (χ3v) is 2.25. The molecule has 6 heteroatoms. The second kappa shape index (κ2) is 8.79. The number of carbonyl (C=O) groups is 1. The molecule has 0 unspecified atom stereocenters. The minimum Gasteiger partial charge on any atom is -0.545 e. The summed E-state index contributed by atoms with van der Waals surface area (Å²) in [5, 5.41) is 8.32. The van der Waals surface area contributed by atoms with Crippen molar-refractivity contribution >= 4 is 5.97 Å². The van der Waals surface area contributed by atoms with Crippen molar-refractivity contribution in [3.63, 3.8) is 0 Å². The molecule has 1 radical (unpaired) electrons. The fourth-order valence-electron chi connectivity index (χ4n) is 1.37. The van der Waals surface area contributed by atoms with Gasteiger partial charge in [-0.25, -0.2) is 9.78 Å². The molecule has 0 saturated carbocycles. The Hall–Kier alpha value is -2.30. The second-order valence-corrected chi connectivity index (χ2v) is 3.63. The molecule has 109 valence electrons. The largest absolute Gasteiger partial charge is 0.545 e. The van der Waals surface area contributed by atoms with Crippen molar-refractivity contribution in [3.8, 4) is 11.5 Å². The zero-order chi connectivity index (χ0) is 14.2. The monoisotopic (exact) mass is 460 g/mol. The number of aromatic carboxylic acids is 1. The molecule has 0 bridgehead atoms. The zero-order valence-corrected chi connectivity index (χ0v) is 13.2. The molecule has 0 saturated heterocycles. The smallest absolute Gasteiger partial charge is 0.354 e. The SMILES string of the molecule is O=C(O)c1ccccn1.[Ir].[c-]1ccoc1-c1ccccn1. The molecular weight excluding hydrogens is 448 g/mol. The van der Waals surface area contributed by atoms with Crippen LogP contribution < -0.4 is 0 Å². The standard InChI is InChI=1S/C9H6NO.C6H5NO2.Ir/c1-2-6-10-8(4-1)9-5-3-7-11-9;8-6(9)5-3-1-2-4-7-5;/h1-4,6-7H;1-4H,(H,8,9);/q-1;;. The molecule has 0 aliphatic rings. The molecule has 21 heavy (non-hydrogen) atoms. The van der Waals surface area contributed by atoms with Gasteiger partial charge in [-0.2, -0.15) is 0 Å². The van der Waals surface area contributed by atoms with Gasteiger partial charge in [-0.15, -0.1) is 12.1 Å². The van der Waals surface area contributed by atoms with Crippen LogP contribution in [0.15, 0.2) is 65.5 Å². The van der Waals surface area contributed by atoms with Gasteiger partial charge in [0, 0.05) is 44.0 Å². The number of nitrogens with zero attached hydrogens (tertiary/aromatic N) is 2. The van der Waals surface area contributed by atoms with Crippen molar-refractivity contribution in [1.29, 1.82) is 0 Å². The molecule has 5 nitrogen and oxygen atoms in total. The Morgan fingerprint density at radius 3 is 2.24 bits per heavy atom. The van der Waals surface area contributed by atoms with Crippen LogP contribution in [-0.2, 0) is 20.1 Å². The summed E-state index contributed by atoms with van der Waals surface area (Å²) in [6.45, 7) is 0. The first-order chi connectivity index (χ1) is 9.77. The van der Waals surface area contributed by atoms with Crippen LogP contribution >= 0.6 is 0 Å². The number of hydrogen-bond acceptors (Lipinski definition) is 4. The van der Waals surface area contributed by atoms with E-state index in [1.807, 2.05) is 18.2 Å². The van der Waals surface area contributed by atoms with E-state index in [-0.39, 0.29) is 25.8 Å². The number of aromatic nitrogens is 2. The number of carboxylic acid groups (broad SMARTS) is 1. The van der Waals surface area contributed by atoms with E-state index in [9.17, 15) is 4.79 Å². The number of carboxylic acids is 1. The molecule has 0 spiro atoms. The quantitative estimate of drug-likeness (QED) is 0.597. The Bertz CT molecular complexity index is 643. The van der Waals surface area contributed by atoms with Gasteiger partial charge in [-0.05, 0) is 24.5 Å². The molecule has 3 aromatic rings. The van der Waals surface area contributed by atoms with Crippen molar-refractivity contribution in [3.05, 3.63) is 72.9 Å². The minimum absolute atomic E-state index is 0. The van der Waals surface area contributed by atoms with Crippen LogP contribution in [0, 0.1) is 6.07 Å². The number of hydrogen-bond donors (Lipinski definition) is 1. The maximum Gasteiger partial charge on any atom is 0.354 e. The van der Waals surface area contributed by atoms with E-state index in [1.54, 1.807) is 30.7 Å². The third kappa shape index (κ3) is 5.30. The van der Waals surface area contributed by atoms with Crippen LogP contribution in [0.25, 0.3) is 11.5 Å². The maximum absolute atomic E-state index is 10.1. The summed E-state index contributed by atoms with van der Waals surface area (Å²) < 4.78 is 5.10. The van der Waals surface area contributed by atoms with Crippen molar-refractivity contribution in [1.82, 2.24) is 9.97 Å². The molecular formula is C15H11IrN2O3-. The maximum atomic E-state index is 10.1. The predicted octanol–water partition coefficient (Wildman–Crippen LogP) is 2.92.